The van der Waals surface area contributed by atoms with Crippen molar-refractivity contribution in [1.82, 2.24) is 10.2 Å². The SMILES string of the molecule is CCN(CC)C(CNCC1CCCCO1)c1ccccc1. The third kappa shape index (κ3) is 5.10. The molecule has 1 heterocycles. The van der Waals surface area contributed by atoms with Crippen LogP contribution in [0.2, 0.25) is 0 Å². The summed E-state index contributed by atoms with van der Waals surface area (Å²) in [5.74, 6) is 0. The topological polar surface area (TPSA) is 24.5 Å². The van der Waals surface area contributed by atoms with E-state index in [1.54, 1.807) is 0 Å². The molecular formula is C18H30N2O. The van der Waals surface area contributed by atoms with Crippen molar-refractivity contribution in [3.8, 4) is 0 Å². The minimum atomic E-state index is 0.409. The molecule has 0 bridgehead atoms. The van der Waals surface area contributed by atoms with Crippen LogP contribution in [0.1, 0.15) is 44.7 Å². The van der Waals surface area contributed by atoms with Crippen LogP contribution >= 0.6 is 0 Å². The molecule has 1 N–H and O–H groups in total. The molecule has 1 aliphatic heterocycles. The van der Waals surface area contributed by atoms with Crippen molar-refractivity contribution in [2.24, 2.45) is 0 Å². The van der Waals surface area contributed by atoms with Gasteiger partial charge in [-0.2, -0.15) is 0 Å². The Morgan fingerprint density at radius 1 is 1.19 bits per heavy atom. The van der Waals surface area contributed by atoms with Gasteiger partial charge in [-0.15, -0.1) is 0 Å². The van der Waals surface area contributed by atoms with Gasteiger partial charge in [0.2, 0.25) is 0 Å². The Balaban J connectivity index is 1.89. The number of hydrogen-bond acceptors (Lipinski definition) is 3. The summed E-state index contributed by atoms with van der Waals surface area (Å²) < 4.78 is 5.80. The fourth-order valence-corrected chi connectivity index (χ4v) is 3.15. The maximum Gasteiger partial charge on any atom is 0.0699 e. The molecular weight excluding hydrogens is 260 g/mol. The van der Waals surface area contributed by atoms with Crippen LogP contribution in [0.3, 0.4) is 0 Å². The van der Waals surface area contributed by atoms with Crippen LogP contribution in [0, 0.1) is 0 Å². The standard InChI is InChI=1S/C18H30N2O/c1-3-20(4-2)18(16-10-6-5-7-11-16)15-19-14-17-12-8-9-13-21-17/h5-7,10-11,17-19H,3-4,8-9,12-15H2,1-2H3. The van der Waals surface area contributed by atoms with Crippen molar-refractivity contribution >= 4 is 0 Å². The molecule has 0 aromatic heterocycles. The Morgan fingerprint density at radius 2 is 1.95 bits per heavy atom. The minimum absolute atomic E-state index is 0.409. The Hall–Kier alpha value is -0.900. The number of rotatable bonds is 8. The van der Waals surface area contributed by atoms with Gasteiger partial charge in [-0.1, -0.05) is 44.2 Å². The monoisotopic (exact) mass is 290 g/mol. The fourth-order valence-electron chi connectivity index (χ4n) is 3.15. The molecule has 2 atom stereocenters. The Labute approximate surface area is 129 Å². The van der Waals surface area contributed by atoms with Gasteiger partial charge in [-0.3, -0.25) is 4.90 Å². The van der Waals surface area contributed by atoms with E-state index in [0.29, 0.717) is 12.1 Å². The smallest absolute Gasteiger partial charge is 0.0699 e. The van der Waals surface area contributed by atoms with E-state index in [1.807, 2.05) is 0 Å². The van der Waals surface area contributed by atoms with E-state index >= 15 is 0 Å². The average Bonchev–Trinajstić information content (AvgIpc) is 2.56. The molecule has 3 heteroatoms. The van der Waals surface area contributed by atoms with Crippen LogP contribution in [0.4, 0.5) is 0 Å². The Kier molecular flexibility index (Phi) is 7.20. The molecule has 1 aromatic rings. The van der Waals surface area contributed by atoms with Crippen molar-refractivity contribution in [3.05, 3.63) is 35.9 Å². The molecule has 1 aliphatic rings. The largest absolute Gasteiger partial charge is 0.377 e. The third-order valence-electron chi connectivity index (χ3n) is 4.42. The summed E-state index contributed by atoms with van der Waals surface area (Å²) in [5.41, 5.74) is 1.40. The van der Waals surface area contributed by atoms with Gasteiger partial charge < -0.3 is 10.1 Å². The predicted molar refractivity (Wildman–Crippen MR) is 88.6 cm³/mol. The van der Waals surface area contributed by atoms with E-state index in [1.165, 1.54) is 24.8 Å². The van der Waals surface area contributed by atoms with Crippen molar-refractivity contribution < 1.29 is 4.74 Å². The first-order chi connectivity index (χ1) is 10.3. The Morgan fingerprint density at radius 3 is 2.57 bits per heavy atom. The molecule has 1 aromatic carbocycles. The van der Waals surface area contributed by atoms with E-state index < -0.39 is 0 Å². The maximum atomic E-state index is 5.80. The second-order valence-corrected chi connectivity index (χ2v) is 5.79. The van der Waals surface area contributed by atoms with Crippen molar-refractivity contribution in [3.63, 3.8) is 0 Å². The lowest BCUT2D eigenvalue weighted by Crippen LogP contribution is -2.39. The van der Waals surface area contributed by atoms with Crippen LogP contribution < -0.4 is 5.32 Å². The summed E-state index contributed by atoms with van der Waals surface area (Å²) in [7, 11) is 0. The van der Waals surface area contributed by atoms with Crippen LogP contribution in [0.5, 0.6) is 0 Å². The highest BCUT2D eigenvalue weighted by molar-refractivity contribution is 5.19. The van der Waals surface area contributed by atoms with E-state index in [0.717, 1.165) is 32.8 Å². The molecule has 2 unspecified atom stereocenters. The minimum Gasteiger partial charge on any atom is -0.377 e. The van der Waals surface area contributed by atoms with Gasteiger partial charge in [-0.05, 0) is 37.9 Å². The molecule has 2 rings (SSSR count). The first-order valence-electron chi connectivity index (χ1n) is 8.46. The predicted octanol–water partition coefficient (Wildman–Crippen LogP) is 3.23. The molecule has 0 aliphatic carbocycles. The highest BCUT2D eigenvalue weighted by atomic mass is 16.5. The van der Waals surface area contributed by atoms with Crippen LogP contribution in [0.15, 0.2) is 30.3 Å². The lowest BCUT2D eigenvalue weighted by Gasteiger charge is -2.31. The molecule has 3 nitrogen and oxygen atoms in total. The number of hydrogen-bond donors (Lipinski definition) is 1. The maximum absolute atomic E-state index is 5.80. The molecule has 118 valence electrons. The summed E-state index contributed by atoms with van der Waals surface area (Å²) in [6.07, 6.45) is 4.15. The summed E-state index contributed by atoms with van der Waals surface area (Å²) in [4.78, 5) is 2.52. The Bertz CT molecular complexity index is 372. The van der Waals surface area contributed by atoms with Crippen molar-refractivity contribution in [1.29, 1.82) is 0 Å². The van der Waals surface area contributed by atoms with E-state index in [2.05, 4.69) is 54.4 Å². The molecule has 0 saturated carbocycles. The van der Waals surface area contributed by atoms with Gasteiger partial charge in [0, 0.05) is 25.7 Å². The van der Waals surface area contributed by atoms with Gasteiger partial charge in [0.15, 0.2) is 0 Å². The average molecular weight is 290 g/mol. The number of nitrogens with one attached hydrogen (secondary N) is 1. The van der Waals surface area contributed by atoms with E-state index in [9.17, 15) is 0 Å². The zero-order chi connectivity index (χ0) is 14.9. The quantitative estimate of drug-likeness (QED) is 0.795. The van der Waals surface area contributed by atoms with E-state index in [4.69, 9.17) is 4.74 Å². The number of nitrogens with zero attached hydrogens (tertiary/aromatic N) is 1. The van der Waals surface area contributed by atoms with Crippen LogP contribution in [-0.4, -0.2) is 43.8 Å². The third-order valence-corrected chi connectivity index (χ3v) is 4.42. The normalized spacial score (nSPS) is 20.6. The zero-order valence-corrected chi connectivity index (χ0v) is 13.6. The summed E-state index contributed by atoms with van der Waals surface area (Å²) in [6, 6.07) is 11.3. The van der Waals surface area contributed by atoms with Crippen LogP contribution in [-0.2, 0) is 4.74 Å². The van der Waals surface area contributed by atoms with Gasteiger partial charge in [0.05, 0.1) is 6.10 Å². The van der Waals surface area contributed by atoms with Gasteiger partial charge in [-0.25, -0.2) is 0 Å². The lowest BCUT2D eigenvalue weighted by atomic mass is 10.0. The van der Waals surface area contributed by atoms with Crippen molar-refractivity contribution in [2.45, 2.75) is 45.3 Å². The molecule has 1 fully saturated rings. The van der Waals surface area contributed by atoms with Gasteiger partial charge in [0.1, 0.15) is 0 Å². The van der Waals surface area contributed by atoms with Crippen LogP contribution in [0.25, 0.3) is 0 Å². The highest BCUT2D eigenvalue weighted by Crippen LogP contribution is 2.19. The van der Waals surface area contributed by atoms with E-state index in [-0.39, 0.29) is 0 Å². The first-order valence-corrected chi connectivity index (χ1v) is 8.46. The van der Waals surface area contributed by atoms with Gasteiger partial charge >= 0.3 is 0 Å². The summed E-state index contributed by atoms with van der Waals surface area (Å²) >= 11 is 0. The lowest BCUT2D eigenvalue weighted by molar-refractivity contribution is 0.0159. The second kappa shape index (κ2) is 9.19. The first kappa shape index (κ1) is 16.5. The summed E-state index contributed by atoms with van der Waals surface area (Å²) in [5, 5.41) is 3.64. The number of likely N-dealkylation sites (N-methyl/N-ethyl adjacent to an activating group) is 1. The number of benzene rings is 1. The zero-order valence-electron chi connectivity index (χ0n) is 13.6. The molecule has 0 spiro atoms. The molecule has 1 saturated heterocycles. The van der Waals surface area contributed by atoms with Crippen molar-refractivity contribution in [2.75, 3.05) is 32.8 Å². The number of ether oxygens (including phenoxy) is 1. The molecule has 21 heavy (non-hydrogen) atoms. The second-order valence-electron chi connectivity index (χ2n) is 5.79. The molecule has 0 radical (unpaired) electrons. The highest BCUT2D eigenvalue weighted by Gasteiger charge is 2.19. The van der Waals surface area contributed by atoms with Gasteiger partial charge in [0.25, 0.3) is 0 Å². The molecule has 0 amide bonds. The summed E-state index contributed by atoms with van der Waals surface area (Å²) in [6.45, 7) is 9.55. The fraction of sp³-hybridized carbons (Fsp3) is 0.667.